The molecule has 0 unspecified atom stereocenters. The van der Waals surface area contributed by atoms with Crippen molar-refractivity contribution in [2.45, 2.75) is 56.9 Å². The molecule has 0 aromatic heterocycles. The zero-order chi connectivity index (χ0) is 21.3. The average Bonchev–Trinajstić information content (AvgIpc) is 3.35. The van der Waals surface area contributed by atoms with Crippen LogP contribution in [0, 0.1) is 18.8 Å². The zero-order valence-electron chi connectivity index (χ0n) is 17.7. The van der Waals surface area contributed by atoms with Crippen LogP contribution in [0.2, 0.25) is 0 Å². The zero-order valence-corrected chi connectivity index (χ0v) is 18.5. The molecule has 5 nitrogen and oxygen atoms in total. The largest absolute Gasteiger partial charge is 0.352 e. The van der Waals surface area contributed by atoms with E-state index >= 15 is 0 Å². The Labute approximate surface area is 179 Å². The molecule has 2 aliphatic rings. The van der Waals surface area contributed by atoms with E-state index in [1.807, 2.05) is 32.0 Å². The van der Waals surface area contributed by atoms with Crippen molar-refractivity contribution in [1.29, 1.82) is 0 Å². The number of anilines is 1. The maximum absolute atomic E-state index is 13.6. The molecule has 0 saturated heterocycles. The maximum Gasteiger partial charge on any atom is 0.264 e. The first-order chi connectivity index (χ1) is 14.4. The fraction of sp³-hybridized carbons (Fsp3) is 0.458. The van der Waals surface area contributed by atoms with Gasteiger partial charge in [-0.05, 0) is 68.2 Å². The Morgan fingerprint density at radius 3 is 2.43 bits per heavy atom. The first-order valence-corrected chi connectivity index (χ1v) is 12.3. The summed E-state index contributed by atoms with van der Waals surface area (Å²) in [6.07, 6.45) is 5.32. The van der Waals surface area contributed by atoms with Crippen LogP contribution in [0.3, 0.4) is 0 Å². The predicted octanol–water partition coefficient (Wildman–Crippen LogP) is 4.06. The van der Waals surface area contributed by atoms with Crippen LogP contribution in [-0.2, 0) is 21.2 Å². The smallest absolute Gasteiger partial charge is 0.264 e. The van der Waals surface area contributed by atoms with Crippen molar-refractivity contribution in [1.82, 2.24) is 5.32 Å². The molecule has 2 bridgehead atoms. The van der Waals surface area contributed by atoms with E-state index in [-0.39, 0.29) is 23.4 Å². The predicted molar refractivity (Wildman–Crippen MR) is 119 cm³/mol. The van der Waals surface area contributed by atoms with Crippen molar-refractivity contribution in [2.24, 2.45) is 11.8 Å². The minimum absolute atomic E-state index is 0.182. The third kappa shape index (κ3) is 4.10. The van der Waals surface area contributed by atoms with Gasteiger partial charge in [0, 0.05) is 6.04 Å². The van der Waals surface area contributed by atoms with Gasteiger partial charge in [-0.25, -0.2) is 8.42 Å². The Hall–Kier alpha value is -2.34. The minimum atomic E-state index is -3.87. The Morgan fingerprint density at radius 1 is 1.07 bits per heavy atom. The Kier molecular flexibility index (Phi) is 5.87. The minimum Gasteiger partial charge on any atom is -0.352 e. The third-order valence-corrected chi connectivity index (χ3v) is 8.40. The van der Waals surface area contributed by atoms with E-state index < -0.39 is 10.0 Å². The molecule has 0 radical (unpaired) electrons. The highest BCUT2D eigenvalue weighted by atomic mass is 32.2. The lowest BCUT2D eigenvalue weighted by Gasteiger charge is -2.28. The molecule has 2 aromatic rings. The summed E-state index contributed by atoms with van der Waals surface area (Å²) in [5, 5.41) is 3.14. The van der Waals surface area contributed by atoms with Crippen molar-refractivity contribution < 1.29 is 13.2 Å². The summed E-state index contributed by atoms with van der Waals surface area (Å²) in [6, 6.07) is 14.4. The van der Waals surface area contributed by atoms with Gasteiger partial charge in [-0.15, -0.1) is 0 Å². The highest BCUT2D eigenvalue weighted by Gasteiger charge is 2.40. The van der Waals surface area contributed by atoms with Crippen molar-refractivity contribution in [3.05, 3.63) is 59.7 Å². The van der Waals surface area contributed by atoms with Crippen LogP contribution in [0.1, 0.15) is 43.7 Å². The van der Waals surface area contributed by atoms with E-state index in [2.05, 4.69) is 5.32 Å². The number of rotatable bonds is 7. The number of aryl methyl sites for hydroxylation is 2. The van der Waals surface area contributed by atoms with Crippen LogP contribution in [0.15, 0.2) is 53.4 Å². The summed E-state index contributed by atoms with van der Waals surface area (Å²) in [5.41, 5.74) is 2.47. The lowest BCUT2D eigenvalue weighted by Crippen LogP contribution is -2.46. The number of para-hydroxylation sites is 1. The summed E-state index contributed by atoms with van der Waals surface area (Å²) < 4.78 is 28.4. The van der Waals surface area contributed by atoms with E-state index in [0.29, 0.717) is 23.9 Å². The highest BCUT2D eigenvalue weighted by Crippen LogP contribution is 2.44. The van der Waals surface area contributed by atoms with Crippen molar-refractivity contribution >= 4 is 21.6 Å². The molecule has 6 heteroatoms. The fourth-order valence-corrected chi connectivity index (χ4v) is 6.45. The Balaban J connectivity index is 1.63. The fourth-order valence-electron chi connectivity index (χ4n) is 4.99. The number of nitrogens with one attached hydrogen (secondary N) is 1. The molecule has 2 aliphatic carbocycles. The molecular weight excluding hydrogens is 396 g/mol. The lowest BCUT2D eigenvalue weighted by molar-refractivity contribution is -0.120. The van der Waals surface area contributed by atoms with Crippen LogP contribution < -0.4 is 9.62 Å². The van der Waals surface area contributed by atoms with Gasteiger partial charge in [0.1, 0.15) is 6.54 Å². The lowest BCUT2D eigenvalue weighted by atomic mass is 9.95. The Bertz CT molecular complexity index is 1020. The monoisotopic (exact) mass is 426 g/mol. The van der Waals surface area contributed by atoms with Crippen LogP contribution in [-0.4, -0.2) is 26.9 Å². The Morgan fingerprint density at radius 2 is 1.80 bits per heavy atom. The van der Waals surface area contributed by atoms with Crippen LogP contribution in [0.4, 0.5) is 5.69 Å². The molecule has 0 spiro atoms. The van der Waals surface area contributed by atoms with Crippen molar-refractivity contribution in [3.8, 4) is 0 Å². The van der Waals surface area contributed by atoms with E-state index in [4.69, 9.17) is 0 Å². The summed E-state index contributed by atoms with van der Waals surface area (Å²) in [4.78, 5) is 13.2. The third-order valence-electron chi connectivity index (χ3n) is 6.62. The number of fused-ring (bicyclic) bond motifs is 2. The molecule has 3 atom stereocenters. The SMILES string of the molecule is CCc1ccccc1N(CC(=O)N[C@@H]1C[C@H]2CC[C@@H]1C2)S(=O)(=O)c1ccc(C)cc1. The summed E-state index contributed by atoms with van der Waals surface area (Å²) in [6.45, 7) is 3.70. The second-order valence-electron chi connectivity index (χ2n) is 8.66. The number of nitrogens with zero attached hydrogens (tertiary/aromatic N) is 1. The first kappa shape index (κ1) is 20.9. The van der Waals surface area contributed by atoms with Gasteiger partial charge in [-0.1, -0.05) is 49.2 Å². The second kappa shape index (κ2) is 8.42. The molecule has 30 heavy (non-hydrogen) atoms. The van der Waals surface area contributed by atoms with Gasteiger partial charge in [0.05, 0.1) is 10.6 Å². The van der Waals surface area contributed by atoms with E-state index in [9.17, 15) is 13.2 Å². The molecule has 2 saturated carbocycles. The van der Waals surface area contributed by atoms with Gasteiger partial charge in [0.25, 0.3) is 10.0 Å². The number of hydrogen-bond donors (Lipinski definition) is 1. The molecule has 1 N–H and O–H groups in total. The van der Waals surface area contributed by atoms with Crippen LogP contribution in [0.5, 0.6) is 0 Å². The summed E-state index contributed by atoms with van der Waals surface area (Å²) in [5.74, 6) is 1.03. The number of amides is 1. The number of sulfonamides is 1. The van der Waals surface area contributed by atoms with Gasteiger partial charge in [-0.3, -0.25) is 9.10 Å². The van der Waals surface area contributed by atoms with Gasteiger partial charge in [-0.2, -0.15) is 0 Å². The average molecular weight is 427 g/mol. The number of carbonyl (C=O) groups is 1. The van der Waals surface area contributed by atoms with Crippen molar-refractivity contribution in [3.63, 3.8) is 0 Å². The molecule has 4 rings (SSSR count). The van der Waals surface area contributed by atoms with E-state index in [1.54, 1.807) is 30.3 Å². The summed E-state index contributed by atoms with van der Waals surface area (Å²) >= 11 is 0. The number of benzene rings is 2. The van der Waals surface area contributed by atoms with E-state index in [1.165, 1.54) is 23.6 Å². The topological polar surface area (TPSA) is 66.5 Å². The van der Waals surface area contributed by atoms with E-state index in [0.717, 1.165) is 17.5 Å². The van der Waals surface area contributed by atoms with Crippen LogP contribution >= 0.6 is 0 Å². The first-order valence-electron chi connectivity index (χ1n) is 10.8. The number of hydrogen-bond acceptors (Lipinski definition) is 3. The molecule has 160 valence electrons. The van der Waals surface area contributed by atoms with Gasteiger partial charge < -0.3 is 5.32 Å². The molecule has 0 aliphatic heterocycles. The standard InChI is InChI=1S/C24H30N2O3S/c1-3-19-6-4-5-7-23(19)26(30(28,29)21-12-8-17(2)9-13-21)16-24(27)25-22-15-18-10-11-20(22)14-18/h4-9,12-13,18,20,22H,3,10-11,14-16H2,1-2H3,(H,25,27)/t18-,20+,22+/m0/s1. The molecule has 2 fully saturated rings. The molecular formula is C24H30N2O3S. The molecule has 1 amide bonds. The van der Waals surface area contributed by atoms with Crippen molar-refractivity contribution in [2.75, 3.05) is 10.8 Å². The van der Waals surface area contributed by atoms with Crippen LogP contribution in [0.25, 0.3) is 0 Å². The highest BCUT2D eigenvalue weighted by molar-refractivity contribution is 7.92. The maximum atomic E-state index is 13.6. The van der Waals surface area contributed by atoms with Gasteiger partial charge in [0.15, 0.2) is 0 Å². The molecule has 2 aromatic carbocycles. The second-order valence-corrected chi connectivity index (χ2v) is 10.5. The van der Waals surface area contributed by atoms with Gasteiger partial charge in [0.2, 0.25) is 5.91 Å². The normalized spacial score (nSPS) is 22.8. The quantitative estimate of drug-likeness (QED) is 0.726. The number of carbonyl (C=O) groups excluding carboxylic acids is 1. The summed E-state index contributed by atoms with van der Waals surface area (Å²) in [7, 11) is -3.87. The molecule has 0 heterocycles. The van der Waals surface area contributed by atoms with Gasteiger partial charge >= 0.3 is 0 Å².